The number of nitrogens with two attached hydrogens (primary N) is 1. The molecule has 2 aromatic carbocycles. The molecular weight excluding hydrogens is 277 g/mol. The van der Waals surface area contributed by atoms with Crippen LogP contribution in [0.15, 0.2) is 42.5 Å². The second-order valence-corrected chi connectivity index (χ2v) is 4.34. The van der Waals surface area contributed by atoms with Crippen LogP contribution in [0.4, 0.5) is 15.8 Å². The van der Waals surface area contributed by atoms with E-state index in [4.69, 9.17) is 5.73 Å². The number of nitro benzene ring substituents is 1. The van der Waals surface area contributed by atoms with Gasteiger partial charge in [0.05, 0.1) is 10.5 Å². The average Bonchev–Trinajstić information content (AvgIpc) is 2.45. The summed E-state index contributed by atoms with van der Waals surface area (Å²) in [5.41, 5.74) is 6.15. The van der Waals surface area contributed by atoms with Crippen LogP contribution in [-0.4, -0.2) is 10.8 Å². The number of nitrogens with one attached hydrogen (secondary N) is 1. The average molecular weight is 289 g/mol. The van der Waals surface area contributed by atoms with E-state index >= 15 is 0 Å². The van der Waals surface area contributed by atoms with Gasteiger partial charge in [0.15, 0.2) is 0 Å². The van der Waals surface area contributed by atoms with Crippen molar-refractivity contribution in [2.45, 2.75) is 6.54 Å². The second kappa shape index (κ2) is 6.00. The number of hydrogen-bond donors (Lipinski definition) is 2. The summed E-state index contributed by atoms with van der Waals surface area (Å²) in [7, 11) is 0. The Morgan fingerprint density at radius 1 is 1.29 bits per heavy atom. The number of nitro groups is 1. The molecule has 0 heterocycles. The molecule has 0 spiro atoms. The summed E-state index contributed by atoms with van der Waals surface area (Å²) in [6.45, 7) is 0.0960. The van der Waals surface area contributed by atoms with Crippen molar-refractivity contribution >= 4 is 17.3 Å². The number of carbonyl (C=O) groups excluding carboxylic acids is 1. The summed E-state index contributed by atoms with van der Waals surface area (Å²) in [5, 5.41) is 13.2. The molecule has 0 atom stereocenters. The topological polar surface area (TPSA) is 98.3 Å². The molecule has 6 nitrogen and oxygen atoms in total. The van der Waals surface area contributed by atoms with Crippen molar-refractivity contribution < 1.29 is 14.1 Å². The van der Waals surface area contributed by atoms with E-state index in [0.717, 1.165) is 6.07 Å². The standard InChI is InChI=1S/C14H12FN3O3/c15-10-3-1-2-9(6-10)8-17-14(19)12-7-11(18(20)21)4-5-13(12)16/h1-7H,8,16H2,(H,17,19). The van der Waals surface area contributed by atoms with Crippen molar-refractivity contribution in [3.63, 3.8) is 0 Å². The van der Waals surface area contributed by atoms with Crippen LogP contribution < -0.4 is 11.1 Å². The zero-order chi connectivity index (χ0) is 15.4. The fourth-order valence-electron chi connectivity index (χ4n) is 1.78. The minimum atomic E-state index is -0.608. The van der Waals surface area contributed by atoms with Gasteiger partial charge in [-0.3, -0.25) is 14.9 Å². The van der Waals surface area contributed by atoms with Gasteiger partial charge in [-0.05, 0) is 23.8 Å². The van der Waals surface area contributed by atoms with Crippen LogP contribution >= 0.6 is 0 Å². The number of anilines is 1. The number of halogens is 1. The van der Waals surface area contributed by atoms with Gasteiger partial charge >= 0.3 is 0 Å². The van der Waals surface area contributed by atoms with Crippen LogP contribution in [0.1, 0.15) is 15.9 Å². The molecule has 108 valence electrons. The Balaban J connectivity index is 2.13. The number of rotatable bonds is 4. The van der Waals surface area contributed by atoms with Crippen molar-refractivity contribution in [1.82, 2.24) is 5.32 Å². The number of non-ortho nitro benzene ring substituents is 1. The molecule has 0 fully saturated rings. The summed E-state index contributed by atoms with van der Waals surface area (Å²) >= 11 is 0. The third kappa shape index (κ3) is 3.53. The summed E-state index contributed by atoms with van der Waals surface area (Å²) < 4.78 is 13.0. The van der Waals surface area contributed by atoms with Gasteiger partial charge in [-0.1, -0.05) is 12.1 Å². The second-order valence-electron chi connectivity index (χ2n) is 4.34. The normalized spacial score (nSPS) is 10.1. The summed E-state index contributed by atoms with van der Waals surface area (Å²) in [5.74, 6) is -0.961. The van der Waals surface area contributed by atoms with Crippen LogP contribution in [-0.2, 0) is 6.54 Å². The largest absolute Gasteiger partial charge is 0.398 e. The maximum absolute atomic E-state index is 13.0. The minimum Gasteiger partial charge on any atom is -0.398 e. The SMILES string of the molecule is Nc1ccc([N+](=O)[O-])cc1C(=O)NCc1cccc(F)c1. The lowest BCUT2D eigenvalue weighted by Gasteiger charge is -2.07. The van der Waals surface area contributed by atoms with Gasteiger partial charge in [-0.15, -0.1) is 0 Å². The lowest BCUT2D eigenvalue weighted by molar-refractivity contribution is -0.384. The molecule has 3 N–H and O–H groups in total. The zero-order valence-electron chi connectivity index (χ0n) is 10.9. The molecule has 0 unspecified atom stereocenters. The van der Waals surface area contributed by atoms with Crippen molar-refractivity contribution in [1.29, 1.82) is 0 Å². The van der Waals surface area contributed by atoms with E-state index in [1.165, 1.54) is 30.3 Å². The molecule has 0 aromatic heterocycles. The van der Waals surface area contributed by atoms with Crippen LogP contribution in [0, 0.1) is 15.9 Å². The van der Waals surface area contributed by atoms with Crippen LogP contribution in [0.5, 0.6) is 0 Å². The number of amides is 1. The number of carbonyl (C=O) groups is 1. The molecule has 0 aliphatic carbocycles. The smallest absolute Gasteiger partial charge is 0.270 e. The van der Waals surface area contributed by atoms with Gasteiger partial charge in [0.1, 0.15) is 5.82 Å². The summed E-state index contributed by atoms with van der Waals surface area (Å²) in [6, 6.07) is 9.39. The van der Waals surface area contributed by atoms with E-state index in [0.29, 0.717) is 5.56 Å². The minimum absolute atomic E-state index is 0.0144. The van der Waals surface area contributed by atoms with Gasteiger partial charge in [0.2, 0.25) is 0 Å². The van der Waals surface area contributed by atoms with Crippen molar-refractivity contribution in [3.05, 3.63) is 69.5 Å². The molecule has 7 heteroatoms. The molecular formula is C14H12FN3O3. The van der Waals surface area contributed by atoms with E-state index in [1.807, 2.05) is 0 Å². The van der Waals surface area contributed by atoms with Gasteiger partial charge in [0, 0.05) is 24.4 Å². The number of hydrogen-bond acceptors (Lipinski definition) is 4. The Bertz CT molecular complexity index is 704. The summed E-state index contributed by atoms with van der Waals surface area (Å²) in [6.07, 6.45) is 0. The van der Waals surface area contributed by atoms with Crippen LogP contribution in [0.2, 0.25) is 0 Å². The highest BCUT2D eigenvalue weighted by Gasteiger charge is 2.15. The van der Waals surface area contributed by atoms with Crippen molar-refractivity contribution in [3.8, 4) is 0 Å². The van der Waals surface area contributed by atoms with E-state index < -0.39 is 16.6 Å². The Morgan fingerprint density at radius 2 is 2.05 bits per heavy atom. The highest BCUT2D eigenvalue weighted by Crippen LogP contribution is 2.19. The molecule has 0 radical (unpaired) electrons. The van der Waals surface area contributed by atoms with Gasteiger partial charge < -0.3 is 11.1 Å². The molecule has 2 rings (SSSR count). The van der Waals surface area contributed by atoms with Crippen molar-refractivity contribution in [2.75, 3.05) is 5.73 Å². The first-order valence-electron chi connectivity index (χ1n) is 6.04. The van der Waals surface area contributed by atoms with Crippen molar-refractivity contribution in [2.24, 2.45) is 0 Å². The number of nitrogens with zero attached hydrogens (tertiary/aromatic N) is 1. The van der Waals surface area contributed by atoms with E-state index in [2.05, 4.69) is 5.32 Å². The third-order valence-electron chi connectivity index (χ3n) is 2.83. The predicted molar refractivity (Wildman–Crippen MR) is 75.1 cm³/mol. The first-order valence-corrected chi connectivity index (χ1v) is 6.04. The molecule has 21 heavy (non-hydrogen) atoms. The maximum atomic E-state index is 13.0. The van der Waals surface area contributed by atoms with Gasteiger partial charge in [0.25, 0.3) is 11.6 Å². The van der Waals surface area contributed by atoms with Crippen LogP contribution in [0.3, 0.4) is 0 Å². The quantitative estimate of drug-likeness (QED) is 0.512. The lowest BCUT2D eigenvalue weighted by Crippen LogP contribution is -2.24. The van der Waals surface area contributed by atoms with E-state index in [9.17, 15) is 19.3 Å². The molecule has 0 saturated heterocycles. The molecule has 1 amide bonds. The summed E-state index contributed by atoms with van der Waals surface area (Å²) in [4.78, 5) is 22.1. The third-order valence-corrected chi connectivity index (χ3v) is 2.83. The number of benzene rings is 2. The fraction of sp³-hybridized carbons (Fsp3) is 0.0714. The fourth-order valence-corrected chi connectivity index (χ4v) is 1.78. The van der Waals surface area contributed by atoms with Gasteiger partial charge in [-0.25, -0.2) is 4.39 Å². The lowest BCUT2D eigenvalue weighted by atomic mass is 10.1. The molecule has 0 aliphatic rings. The first-order chi connectivity index (χ1) is 9.97. The highest BCUT2D eigenvalue weighted by molar-refractivity contribution is 5.99. The van der Waals surface area contributed by atoms with Crippen LogP contribution in [0.25, 0.3) is 0 Å². The molecule has 0 bridgehead atoms. The number of nitrogen functional groups attached to an aromatic ring is 1. The highest BCUT2D eigenvalue weighted by atomic mass is 19.1. The zero-order valence-corrected chi connectivity index (χ0v) is 10.9. The maximum Gasteiger partial charge on any atom is 0.270 e. The Morgan fingerprint density at radius 3 is 2.71 bits per heavy atom. The van der Waals surface area contributed by atoms with E-state index in [-0.39, 0.29) is 23.5 Å². The molecule has 0 aliphatic heterocycles. The Kier molecular flexibility index (Phi) is 4.13. The Labute approximate surface area is 119 Å². The Hall–Kier alpha value is -2.96. The first kappa shape index (κ1) is 14.4. The van der Waals surface area contributed by atoms with Gasteiger partial charge in [-0.2, -0.15) is 0 Å². The monoisotopic (exact) mass is 289 g/mol. The van der Waals surface area contributed by atoms with E-state index in [1.54, 1.807) is 6.07 Å². The molecule has 0 saturated carbocycles. The molecule has 2 aromatic rings. The predicted octanol–water partition coefficient (Wildman–Crippen LogP) is 2.25.